The van der Waals surface area contributed by atoms with Crippen molar-refractivity contribution in [1.29, 1.82) is 0 Å². The quantitative estimate of drug-likeness (QED) is 0.846. The third-order valence-corrected chi connectivity index (χ3v) is 4.10. The molecule has 1 amide bonds. The predicted molar refractivity (Wildman–Crippen MR) is 68.9 cm³/mol. The summed E-state index contributed by atoms with van der Waals surface area (Å²) in [5.41, 5.74) is 0.100. The molecule has 2 N–H and O–H groups in total. The third-order valence-electron chi connectivity index (χ3n) is 4.10. The largest absolute Gasteiger partial charge is 0.505 e. The first-order valence-corrected chi connectivity index (χ1v) is 6.82. The highest BCUT2D eigenvalue weighted by molar-refractivity contribution is 5.94. The highest BCUT2D eigenvalue weighted by Crippen LogP contribution is 2.34. The number of pyridine rings is 1. The molecular weight excluding hydrogens is 244 g/mol. The zero-order valence-corrected chi connectivity index (χ0v) is 10.7. The first-order chi connectivity index (χ1) is 9.25. The Morgan fingerprint density at radius 1 is 1.42 bits per heavy atom. The van der Waals surface area contributed by atoms with E-state index in [1.54, 1.807) is 6.07 Å². The highest BCUT2D eigenvalue weighted by atomic mass is 16.5. The van der Waals surface area contributed by atoms with Crippen LogP contribution >= 0.6 is 0 Å². The van der Waals surface area contributed by atoms with Gasteiger partial charge in [-0.3, -0.25) is 4.79 Å². The van der Waals surface area contributed by atoms with E-state index in [0.29, 0.717) is 5.92 Å². The molecule has 1 saturated heterocycles. The Bertz CT molecular complexity index is 478. The van der Waals surface area contributed by atoms with Crippen molar-refractivity contribution in [2.24, 2.45) is 5.92 Å². The van der Waals surface area contributed by atoms with E-state index in [2.05, 4.69) is 10.3 Å². The van der Waals surface area contributed by atoms with Gasteiger partial charge in [-0.25, -0.2) is 4.98 Å². The van der Waals surface area contributed by atoms with Crippen LogP contribution in [0.3, 0.4) is 0 Å². The summed E-state index contributed by atoms with van der Waals surface area (Å²) in [6, 6.07) is 3.22. The summed E-state index contributed by atoms with van der Waals surface area (Å²) in [7, 11) is 0. The van der Waals surface area contributed by atoms with Gasteiger partial charge in [-0.2, -0.15) is 0 Å². The van der Waals surface area contributed by atoms with Crippen LogP contribution in [0.5, 0.6) is 5.75 Å². The molecule has 1 aromatic heterocycles. The Kier molecular flexibility index (Phi) is 3.38. The fraction of sp³-hybridized carbons (Fsp3) is 0.571. The zero-order valence-electron chi connectivity index (χ0n) is 10.7. The molecule has 2 heterocycles. The summed E-state index contributed by atoms with van der Waals surface area (Å²) in [5, 5.41) is 12.7. The standard InChI is InChI=1S/C14H18N2O3/c17-11-4-2-7-15-13(11)14(18)16-10-3-1-5-12-9(10)6-8-19-12/h2,4,7,9-10,12,17H,1,3,5-6,8H2,(H,16,18)/t9-,10-,12+/m1/s1. The number of amides is 1. The molecule has 0 aromatic carbocycles. The minimum absolute atomic E-state index is 0.0740. The van der Waals surface area contributed by atoms with Crippen molar-refractivity contribution in [1.82, 2.24) is 10.3 Å². The van der Waals surface area contributed by atoms with Gasteiger partial charge in [-0.1, -0.05) is 0 Å². The van der Waals surface area contributed by atoms with Gasteiger partial charge in [0.1, 0.15) is 5.75 Å². The lowest BCUT2D eigenvalue weighted by Gasteiger charge is -2.33. The second kappa shape index (κ2) is 5.17. The van der Waals surface area contributed by atoms with Crippen LogP contribution in [0.15, 0.2) is 18.3 Å². The second-order valence-electron chi connectivity index (χ2n) is 5.24. The molecule has 0 spiro atoms. The molecule has 1 aromatic rings. The van der Waals surface area contributed by atoms with E-state index in [0.717, 1.165) is 32.3 Å². The van der Waals surface area contributed by atoms with Crippen molar-refractivity contribution in [2.45, 2.75) is 37.8 Å². The Balaban J connectivity index is 1.71. The average molecular weight is 262 g/mol. The molecule has 5 heteroatoms. The first-order valence-electron chi connectivity index (χ1n) is 6.82. The molecular formula is C14H18N2O3. The summed E-state index contributed by atoms with van der Waals surface area (Å²) in [4.78, 5) is 16.1. The lowest BCUT2D eigenvalue weighted by molar-refractivity contribution is 0.0509. The fourth-order valence-corrected chi connectivity index (χ4v) is 3.16. The SMILES string of the molecule is O=C(N[C@@H]1CCC[C@@H]2OCC[C@@H]21)c1ncccc1O. The van der Waals surface area contributed by atoms with Gasteiger partial charge in [-0.15, -0.1) is 0 Å². The van der Waals surface area contributed by atoms with Gasteiger partial charge in [0.05, 0.1) is 6.10 Å². The van der Waals surface area contributed by atoms with Gasteiger partial charge in [0, 0.05) is 24.8 Å². The van der Waals surface area contributed by atoms with E-state index in [4.69, 9.17) is 4.74 Å². The topological polar surface area (TPSA) is 71.5 Å². The van der Waals surface area contributed by atoms with Crippen molar-refractivity contribution in [3.63, 3.8) is 0 Å². The minimum atomic E-state index is -0.296. The molecule has 3 rings (SSSR count). The normalized spacial score (nSPS) is 29.8. The summed E-state index contributed by atoms with van der Waals surface area (Å²) in [6.45, 7) is 0.788. The molecule has 19 heavy (non-hydrogen) atoms. The van der Waals surface area contributed by atoms with E-state index in [9.17, 15) is 9.90 Å². The summed E-state index contributed by atoms with van der Waals surface area (Å²) >= 11 is 0. The predicted octanol–water partition coefficient (Wildman–Crippen LogP) is 1.47. The number of hydrogen-bond acceptors (Lipinski definition) is 4. The Hall–Kier alpha value is -1.62. The number of carbonyl (C=O) groups excluding carboxylic acids is 1. The third kappa shape index (κ3) is 2.42. The number of nitrogens with one attached hydrogen (secondary N) is 1. The van der Waals surface area contributed by atoms with Crippen LogP contribution in [0, 0.1) is 5.92 Å². The van der Waals surface area contributed by atoms with Crippen LogP contribution in [-0.4, -0.2) is 34.8 Å². The molecule has 3 atom stereocenters. The van der Waals surface area contributed by atoms with E-state index in [-0.39, 0.29) is 29.5 Å². The van der Waals surface area contributed by atoms with Crippen molar-refractivity contribution in [3.8, 4) is 5.75 Å². The van der Waals surface area contributed by atoms with Crippen molar-refractivity contribution in [3.05, 3.63) is 24.0 Å². The molecule has 1 saturated carbocycles. The van der Waals surface area contributed by atoms with Gasteiger partial charge in [0.2, 0.25) is 0 Å². The molecule has 2 fully saturated rings. The maximum atomic E-state index is 12.1. The number of rotatable bonds is 2. The van der Waals surface area contributed by atoms with Gasteiger partial charge >= 0.3 is 0 Å². The number of hydrogen-bond donors (Lipinski definition) is 2. The second-order valence-corrected chi connectivity index (χ2v) is 5.24. The molecule has 2 aliphatic rings. The van der Waals surface area contributed by atoms with Crippen LogP contribution in [0.1, 0.15) is 36.2 Å². The average Bonchev–Trinajstić information content (AvgIpc) is 2.88. The monoisotopic (exact) mass is 262 g/mol. The van der Waals surface area contributed by atoms with Gasteiger partial charge in [0.15, 0.2) is 5.69 Å². The summed E-state index contributed by atoms with van der Waals surface area (Å²) in [6.07, 6.45) is 5.94. The van der Waals surface area contributed by atoms with Crippen molar-refractivity contribution < 1.29 is 14.6 Å². The lowest BCUT2D eigenvalue weighted by atomic mass is 9.82. The van der Waals surface area contributed by atoms with E-state index < -0.39 is 0 Å². The molecule has 1 aliphatic carbocycles. The van der Waals surface area contributed by atoms with E-state index in [1.165, 1.54) is 12.3 Å². The minimum Gasteiger partial charge on any atom is -0.505 e. The van der Waals surface area contributed by atoms with Gasteiger partial charge < -0.3 is 15.2 Å². The summed E-state index contributed by atoms with van der Waals surface area (Å²) < 4.78 is 5.68. The number of aromatic hydroxyl groups is 1. The number of nitrogens with zero attached hydrogens (tertiary/aromatic N) is 1. The molecule has 0 bridgehead atoms. The number of carbonyl (C=O) groups is 1. The van der Waals surface area contributed by atoms with Crippen molar-refractivity contribution in [2.75, 3.05) is 6.61 Å². The molecule has 1 aliphatic heterocycles. The van der Waals surface area contributed by atoms with Crippen molar-refractivity contribution >= 4 is 5.91 Å². The van der Waals surface area contributed by atoms with Gasteiger partial charge in [0.25, 0.3) is 5.91 Å². The van der Waals surface area contributed by atoms with Crippen LogP contribution in [0.25, 0.3) is 0 Å². The van der Waals surface area contributed by atoms with Crippen LogP contribution < -0.4 is 5.32 Å². The maximum Gasteiger partial charge on any atom is 0.273 e. The van der Waals surface area contributed by atoms with Gasteiger partial charge in [-0.05, 0) is 37.8 Å². The molecule has 102 valence electrons. The van der Waals surface area contributed by atoms with E-state index >= 15 is 0 Å². The Labute approximate surface area is 112 Å². The molecule has 0 unspecified atom stereocenters. The Morgan fingerprint density at radius 2 is 2.32 bits per heavy atom. The number of fused-ring (bicyclic) bond motifs is 1. The number of aromatic nitrogens is 1. The fourth-order valence-electron chi connectivity index (χ4n) is 3.16. The summed E-state index contributed by atoms with van der Waals surface area (Å²) in [5.74, 6) is 0.0363. The van der Waals surface area contributed by atoms with Crippen LogP contribution in [-0.2, 0) is 4.74 Å². The maximum absolute atomic E-state index is 12.1. The van der Waals surface area contributed by atoms with Crippen LogP contribution in [0.4, 0.5) is 0 Å². The smallest absolute Gasteiger partial charge is 0.273 e. The Morgan fingerprint density at radius 3 is 3.16 bits per heavy atom. The zero-order chi connectivity index (χ0) is 13.2. The number of ether oxygens (including phenoxy) is 1. The van der Waals surface area contributed by atoms with Crippen LogP contribution in [0.2, 0.25) is 0 Å². The molecule has 0 radical (unpaired) electrons. The first kappa shape index (κ1) is 12.4. The van der Waals surface area contributed by atoms with E-state index in [1.807, 2.05) is 0 Å². The highest BCUT2D eigenvalue weighted by Gasteiger charge is 2.38. The lowest BCUT2D eigenvalue weighted by Crippen LogP contribution is -2.45. The molecule has 5 nitrogen and oxygen atoms in total.